The van der Waals surface area contributed by atoms with Crippen molar-refractivity contribution in [3.8, 4) is 6.07 Å². The number of nitro groups is 1. The third-order valence-corrected chi connectivity index (χ3v) is 3.19. The molecule has 1 amide bonds. The molecule has 0 heterocycles. The fraction of sp³-hybridized carbons (Fsp3) is 0.0588. The smallest absolute Gasteiger partial charge is 0.276 e. The van der Waals surface area contributed by atoms with E-state index in [1.807, 2.05) is 19.1 Å². The Kier molecular flexibility index (Phi) is 4.85. The van der Waals surface area contributed by atoms with Gasteiger partial charge < -0.3 is 5.32 Å². The van der Waals surface area contributed by atoms with Gasteiger partial charge >= 0.3 is 0 Å². The summed E-state index contributed by atoms with van der Waals surface area (Å²) in [4.78, 5) is 22.6. The molecule has 0 aliphatic rings. The van der Waals surface area contributed by atoms with Crippen LogP contribution in [0.5, 0.6) is 0 Å². The zero-order valence-electron chi connectivity index (χ0n) is 12.3. The number of aryl methyl sites for hydroxylation is 1. The first kappa shape index (κ1) is 15.9. The maximum Gasteiger partial charge on any atom is 0.276 e. The number of nitro benzene ring substituents is 1. The zero-order chi connectivity index (χ0) is 16.8. The molecule has 0 spiro atoms. The number of carbonyl (C=O) groups is 1. The molecule has 0 radical (unpaired) electrons. The first-order chi connectivity index (χ1) is 11.0. The quantitative estimate of drug-likeness (QED) is 0.405. The summed E-state index contributed by atoms with van der Waals surface area (Å²) in [6.45, 7) is 1.83. The molecule has 114 valence electrons. The summed E-state index contributed by atoms with van der Waals surface area (Å²) in [7, 11) is 0. The van der Waals surface area contributed by atoms with Crippen molar-refractivity contribution in [3.05, 3.63) is 75.3 Å². The molecule has 0 atom stereocenters. The molecule has 2 aromatic carbocycles. The lowest BCUT2D eigenvalue weighted by atomic mass is 10.1. The molecule has 6 nitrogen and oxygen atoms in total. The number of carbonyl (C=O) groups excluding carboxylic acids is 1. The molecular formula is C17H13N3O3. The van der Waals surface area contributed by atoms with Crippen LogP contribution in [0.15, 0.2) is 54.1 Å². The Morgan fingerprint density at radius 1 is 1.22 bits per heavy atom. The SMILES string of the molecule is Cc1ccccc1NC(=O)/C(C#N)=C/c1ccccc1[N+](=O)[O-]. The van der Waals surface area contributed by atoms with Gasteiger partial charge in [-0.05, 0) is 30.7 Å². The van der Waals surface area contributed by atoms with E-state index >= 15 is 0 Å². The average Bonchev–Trinajstić information content (AvgIpc) is 2.54. The lowest BCUT2D eigenvalue weighted by molar-refractivity contribution is -0.385. The summed E-state index contributed by atoms with van der Waals surface area (Å²) in [6, 6.07) is 14.9. The molecule has 0 aromatic heterocycles. The van der Waals surface area contributed by atoms with E-state index in [4.69, 9.17) is 0 Å². The molecule has 0 bridgehead atoms. The largest absolute Gasteiger partial charge is 0.321 e. The van der Waals surface area contributed by atoms with Gasteiger partial charge in [-0.3, -0.25) is 14.9 Å². The van der Waals surface area contributed by atoms with E-state index in [1.165, 1.54) is 24.3 Å². The fourth-order valence-electron chi connectivity index (χ4n) is 1.98. The molecule has 6 heteroatoms. The minimum atomic E-state index is -0.611. The van der Waals surface area contributed by atoms with Crippen molar-refractivity contribution in [2.24, 2.45) is 0 Å². The maximum absolute atomic E-state index is 12.2. The molecule has 0 unspecified atom stereocenters. The van der Waals surface area contributed by atoms with Crippen molar-refractivity contribution in [1.82, 2.24) is 0 Å². The Hall–Kier alpha value is -3.46. The highest BCUT2D eigenvalue weighted by Crippen LogP contribution is 2.21. The number of benzene rings is 2. The summed E-state index contributed by atoms with van der Waals surface area (Å²) in [5.74, 6) is -0.611. The van der Waals surface area contributed by atoms with E-state index in [-0.39, 0.29) is 16.8 Å². The molecule has 0 saturated carbocycles. The van der Waals surface area contributed by atoms with Crippen molar-refractivity contribution in [2.75, 3.05) is 5.32 Å². The van der Waals surface area contributed by atoms with Crippen LogP contribution >= 0.6 is 0 Å². The molecule has 0 fully saturated rings. The lowest BCUT2D eigenvalue weighted by Crippen LogP contribution is -2.14. The summed E-state index contributed by atoms with van der Waals surface area (Å²) >= 11 is 0. The van der Waals surface area contributed by atoms with Crippen molar-refractivity contribution in [1.29, 1.82) is 5.26 Å². The van der Waals surface area contributed by atoms with Gasteiger partial charge in [-0.25, -0.2) is 0 Å². The number of nitrogens with zero attached hydrogens (tertiary/aromatic N) is 2. The zero-order valence-corrected chi connectivity index (χ0v) is 12.3. The number of amides is 1. The predicted octanol–water partition coefficient (Wildman–Crippen LogP) is 3.45. The van der Waals surface area contributed by atoms with Gasteiger partial charge in [-0.2, -0.15) is 5.26 Å². The van der Waals surface area contributed by atoms with Gasteiger partial charge in [-0.15, -0.1) is 0 Å². The van der Waals surface area contributed by atoms with E-state index < -0.39 is 10.8 Å². The van der Waals surface area contributed by atoms with Crippen molar-refractivity contribution in [3.63, 3.8) is 0 Å². The molecule has 0 aliphatic carbocycles. The number of nitrogens with one attached hydrogen (secondary N) is 1. The molecule has 23 heavy (non-hydrogen) atoms. The van der Waals surface area contributed by atoms with Gasteiger partial charge in [0, 0.05) is 11.8 Å². The number of rotatable bonds is 4. The lowest BCUT2D eigenvalue weighted by Gasteiger charge is -2.07. The van der Waals surface area contributed by atoms with Gasteiger partial charge in [0.15, 0.2) is 0 Å². The topological polar surface area (TPSA) is 96.0 Å². The Balaban J connectivity index is 2.33. The Morgan fingerprint density at radius 3 is 2.52 bits per heavy atom. The molecule has 2 rings (SSSR count). The standard InChI is InChI=1S/C17H13N3O3/c1-12-6-2-4-8-15(12)19-17(21)14(11-18)10-13-7-3-5-9-16(13)20(22)23/h2-10H,1H3,(H,19,21)/b14-10+. The molecule has 0 saturated heterocycles. The van der Waals surface area contributed by atoms with Gasteiger partial charge in [0.1, 0.15) is 11.6 Å². The molecule has 0 aliphatic heterocycles. The van der Waals surface area contributed by atoms with E-state index in [9.17, 15) is 20.2 Å². The van der Waals surface area contributed by atoms with Crippen LogP contribution in [-0.2, 0) is 4.79 Å². The van der Waals surface area contributed by atoms with E-state index in [2.05, 4.69) is 5.32 Å². The average molecular weight is 307 g/mol. The normalized spacial score (nSPS) is 10.7. The van der Waals surface area contributed by atoms with Crippen LogP contribution in [0.2, 0.25) is 0 Å². The molecular weight excluding hydrogens is 294 g/mol. The van der Waals surface area contributed by atoms with Crippen LogP contribution in [0.4, 0.5) is 11.4 Å². The van der Waals surface area contributed by atoms with Crippen LogP contribution < -0.4 is 5.32 Å². The highest BCUT2D eigenvalue weighted by atomic mass is 16.6. The van der Waals surface area contributed by atoms with Crippen molar-refractivity contribution >= 4 is 23.4 Å². The maximum atomic E-state index is 12.2. The minimum absolute atomic E-state index is 0.163. The van der Waals surface area contributed by atoms with Gasteiger partial charge in [0.25, 0.3) is 11.6 Å². The highest BCUT2D eigenvalue weighted by Gasteiger charge is 2.15. The number of hydrogen-bond acceptors (Lipinski definition) is 4. The van der Waals surface area contributed by atoms with Gasteiger partial charge in [0.05, 0.1) is 10.5 Å². The third-order valence-electron chi connectivity index (χ3n) is 3.19. The Bertz CT molecular complexity index is 835. The van der Waals surface area contributed by atoms with Crippen LogP contribution in [0.25, 0.3) is 6.08 Å². The second-order valence-electron chi connectivity index (χ2n) is 4.75. The summed E-state index contributed by atoms with van der Waals surface area (Å²) < 4.78 is 0. The summed E-state index contributed by atoms with van der Waals surface area (Å²) in [6.07, 6.45) is 1.21. The number of para-hydroxylation sites is 2. The monoisotopic (exact) mass is 307 g/mol. The number of hydrogen-bond donors (Lipinski definition) is 1. The number of nitriles is 1. The van der Waals surface area contributed by atoms with Gasteiger partial charge in [0.2, 0.25) is 0 Å². The van der Waals surface area contributed by atoms with Crippen LogP contribution in [0.3, 0.4) is 0 Å². The second kappa shape index (κ2) is 7.00. The number of anilines is 1. The fourth-order valence-corrected chi connectivity index (χ4v) is 1.98. The van der Waals surface area contributed by atoms with Crippen molar-refractivity contribution in [2.45, 2.75) is 6.92 Å². The van der Waals surface area contributed by atoms with E-state index in [1.54, 1.807) is 24.3 Å². The third kappa shape index (κ3) is 3.80. The first-order valence-electron chi connectivity index (χ1n) is 6.75. The predicted molar refractivity (Wildman–Crippen MR) is 86.5 cm³/mol. The highest BCUT2D eigenvalue weighted by molar-refractivity contribution is 6.10. The Morgan fingerprint density at radius 2 is 1.87 bits per heavy atom. The Labute approximate surface area is 132 Å². The van der Waals surface area contributed by atoms with Crippen LogP contribution in [0.1, 0.15) is 11.1 Å². The van der Waals surface area contributed by atoms with E-state index in [0.717, 1.165) is 5.56 Å². The summed E-state index contributed by atoms with van der Waals surface area (Å²) in [5, 5.41) is 22.8. The minimum Gasteiger partial charge on any atom is -0.321 e. The van der Waals surface area contributed by atoms with E-state index in [0.29, 0.717) is 5.69 Å². The summed E-state index contributed by atoms with van der Waals surface area (Å²) in [5.41, 5.74) is 1.27. The van der Waals surface area contributed by atoms with Crippen molar-refractivity contribution < 1.29 is 9.72 Å². The second-order valence-corrected chi connectivity index (χ2v) is 4.75. The van der Waals surface area contributed by atoms with Gasteiger partial charge in [-0.1, -0.05) is 30.3 Å². The van der Waals surface area contributed by atoms with Crippen LogP contribution in [-0.4, -0.2) is 10.8 Å². The molecule has 1 N–H and O–H groups in total. The molecule has 2 aromatic rings. The first-order valence-corrected chi connectivity index (χ1v) is 6.75. The van der Waals surface area contributed by atoms with Crippen LogP contribution in [0, 0.1) is 28.4 Å².